The molecule has 0 amide bonds. The van der Waals surface area contributed by atoms with Crippen LogP contribution in [0.25, 0.3) is 66.9 Å². The average molecular weight is 1140 g/mol. The summed E-state index contributed by atoms with van der Waals surface area (Å²) in [6.07, 6.45) is 5.84. The number of aromatic nitrogens is 3. The van der Waals surface area contributed by atoms with E-state index in [0.29, 0.717) is 11.5 Å². The van der Waals surface area contributed by atoms with E-state index in [4.69, 9.17) is 9.72 Å². The van der Waals surface area contributed by atoms with Gasteiger partial charge in [0.05, 0.1) is 16.7 Å². The Kier molecular flexibility index (Phi) is 11.8. The summed E-state index contributed by atoms with van der Waals surface area (Å²) in [5.74, 6) is 1.96. The Bertz CT molecular complexity index is 3920. The average Bonchev–Trinajstić information content (AvgIpc) is 3.99. The largest absolute Gasteiger partial charge is 0.510 e. The van der Waals surface area contributed by atoms with Gasteiger partial charge in [-0.3, -0.25) is 4.57 Å². The fourth-order valence-electron chi connectivity index (χ4n) is 11.1. The standard InChI is InChI=1S/C66H50BN5O.Pt/c1-44-20-16-21-45(2)63(44)67-71(48-24-10-7-11-25-48)59-37-36-51(42-61(59)72(67)62-40-47(38-39-68-62)66(3,4)5)73-50-27-17-26-49(41-50)69-43-70-64-52(46-22-8-6-9-23-46)32-18-33-57(64)55-30-14-12-28-53(55)54-29-13-15-31-56(54)58-34-19-35-60(69)65(58)70;/h6-40H,1-5H3;/q-2;. The van der Waals surface area contributed by atoms with Crippen LogP contribution in [-0.2, 0) is 26.5 Å². The van der Waals surface area contributed by atoms with E-state index in [1.54, 1.807) is 0 Å². The van der Waals surface area contributed by atoms with Crippen LogP contribution in [0.2, 0.25) is 0 Å². The fourth-order valence-corrected chi connectivity index (χ4v) is 11.1. The number of benzene rings is 9. The second-order valence-electron chi connectivity index (χ2n) is 20.1. The first-order chi connectivity index (χ1) is 35.7. The van der Waals surface area contributed by atoms with Gasteiger partial charge in [0.1, 0.15) is 5.82 Å². The van der Waals surface area contributed by atoms with Crippen LogP contribution in [0.15, 0.2) is 212 Å². The van der Waals surface area contributed by atoms with Crippen molar-refractivity contribution in [3.8, 4) is 67.4 Å². The van der Waals surface area contributed by atoms with Gasteiger partial charge in [-0.1, -0.05) is 195 Å². The van der Waals surface area contributed by atoms with Crippen molar-refractivity contribution >= 4 is 46.4 Å². The van der Waals surface area contributed by atoms with Crippen molar-refractivity contribution in [2.45, 2.75) is 40.0 Å². The third-order valence-electron chi connectivity index (χ3n) is 14.5. The predicted molar refractivity (Wildman–Crippen MR) is 298 cm³/mol. The molecule has 0 aliphatic carbocycles. The van der Waals surface area contributed by atoms with Gasteiger partial charge in [0, 0.05) is 44.4 Å². The summed E-state index contributed by atoms with van der Waals surface area (Å²) in [6.45, 7) is 10.9. The Morgan fingerprint density at radius 3 is 1.84 bits per heavy atom. The molecule has 2 aromatic heterocycles. The van der Waals surface area contributed by atoms with Gasteiger partial charge in [-0.05, 0) is 105 Å². The minimum absolute atomic E-state index is 0. The number of anilines is 4. The summed E-state index contributed by atoms with van der Waals surface area (Å²) in [6, 6.07) is 80.7. The second-order valence-corrected chi connectivity index (χ2v) is 20.1. The number of para-hydroxylation sites is 3. The predicted octanol–water partition coefficient (Wildman–Crippen LogP) is 15.1. The summed E-state index contributed by atoms with van der Waals surface area (Å²) in [5, 5.41) is 0. The third kappa shape index (κ3) is 7.86. The molecule has 0 radical (unpaired) electrons. The van der Waals surface area contributed by atoms with Crippen LogP contribution in [0.5, 0.6) is 11.5 Å². The van der Waals surface area contributed by atoms with Gasteiger partial charge in [0.15, 0.2) is 0 Å². The van der Waals surface area contributed by atoms with Crippen LogP contribution in [-0.4, -0.2) is 16.5 Å². The van der Waals surface area contributed by atoms with Crippen molar-refractivity contribution in [2.75, 3.05) is 9.62 Å². The molecule has 6 nitrogen and oxygen atoms in total. The fraction of sp³-hybridized carbons (Fsp3) is 0.0909. The number of rotatable bonds is 7. The molecular formula is C66H50BN5OPt-2. The normalized spacial score (nSPS) is 12.5. The van der Waals surface area contributed by atoms with Crippen LogP contribution in [0.1, 0.15) is 37.5 Å². The molecule has 0 fully saturated rings. The zero-order valence-corrected chi connectivity index (χ0v) is 44.0. The maximum absolute atomic E-state index is 6.90. The number of fused-ring (bicyclic) bond motifs is 8. The molecule has 0 atom stereocenters. The number of hydrogen-bond donors (Lipinski definition) is 0. The van der Waals surface area contributed by atoms with Gasteiger partial charge in [0.2, 0.25) is 0 Å². The number of aryl methyl sites for hydroxylation is 2. The van der Waals surface area contributed by atoms with E-state index in [1.807, 2.05) is 24.4 Å². The Balaban J connectivity index is 0.00000556. The van der Waals surface area contributed by atoms with Crippen LogP contribution in [0.3, 0.4) is 0 Å². The van der Waals surface area contributed by atoms with E-state index in [1.165, 1.54) is 33.3 Å². The summed E-state index contributed by atoms with van der Waals surface area (Å²) < 4.78 is 11.3. The minimum Gasteiger partial charge on any atom is -0.510 e. The van der Waals surface area contributed by atoms with Crippen LogP contribution in [0.4, 0.5) is 22.9 Å². The molecule has 2 aliphatic heterocycles. The Labute approximate surface area is 448 Å². The smallest absolute Gasteiger partial charge is 0.409 e. The van der Waals surface area contributed by atoms with E-state index in [-0.39, 0.29) is 33.5 Å². The molecule has 2 aliphatic rings. The van der Waals surface area contributed by atoms with Gasteiger partial charge < -0.3 is 18.9 Å². The summed E-state index contributed by atoms with van der Waals surface area (Å²) in [5.41, 5.74) is 20.7. The molecule has 0 spiro atoms. The maximum Gasteiger partial charge on any atom is 0.409 e. The molecule has 13 rings (SSSR count). The van der Waals surface area contributed by atoms with Gasteiger partial charge in [-0.25, -0.2) is 4.98 Å². The summed E-state index contributed by atoms with van der Waals surface area (Å²) in [7, 11) is 0. The number of nitrogens with zero attached hydrogens (tertiary/aromatic N) is 5. The second kappa shape index (κ2) is 18.7. The van der Waals surface area contributed by atoms with Crippen molar-refractivity contribution in [2.24, 2.45) is 0 Å². The van der Waals surface area contributed by atoms with Crippen molar-refractivity contribution in [3.05, 3.63) is 248 Å². The van der Waals surface area contributed by atoms with Crippen molar-refractivity contribution < 1.29 is 30.4 Å². The van der Waals surface area contributed by atoms with E-state index < -0.39 is 0 Å². The quantitative estimate of drug-likeness (QED) is 0.0905. The van der Waals surface area contributed by atoms with Gasteiger partial charge >= 0.3 is 6.98 Å². The third-order valence-corrected chi connectivity index (χ3v) is 14.5. The maximum atomic E-state index is 6.90. The first kappa shape index (κ1) is 46.8. The molecular weight excluding hydrogens is 1080 g/mol. The molecule has 360 valence electrons. The van der Waals surface area contributed by atoms with Crippen LogP contribution < -0.4 is 24.4 Å². The SMILES string of the molecule is Cc1cccc(C)c1B1N(c2cc(C(C)(C)C)ccn2)c2[c-]c(Oc3[c-]c(-n4[c-][n+]5c6c(cccc64)-c4ccccc4-c4ccccc4-c4cccc(-c6ccccc6)c4-5)ccc3)ccc2N1c1ccccc1.[Pt]. The summed E-state index contributed by atoms with van der Waals surface area (Å²) in [4.78, 5) is 9.85. The molecule has 0 unspecified atom stereocenters. The Morgan fingerprint density at radius 1 is 0.541 bits per heavy atom. The molecule has 0 saturated heterocycles. The molecule has 0 bridgehead atoms. The molecule has 11 aromatic rings. The summed E-state index contributed by atoms with van der Waals surface area (Å²) >= 11 is 0. The number of hydrogen-bond acceptors (Lipinski definition) is 4. The monoisotopic (exact) mass is 1130 g/mol. The van der Waals surface area contributed by atoms with Crippen molar-refractivity contribution in [3.63, 3.8) is 0 Å². The topological polar surface area (TPSA) is 37.4 Å². The van der Waals surface area contributed by atoms with Crippen LogP contribution >= 0.6 is 0 Å². The molecule has 4 heterocycles. The van der Waals surface area contributed by atoms with Gasteiger partial charge in [-0.2, -0.15) is 12.1 Å². The number of pyridine rings is 1. The van der Waals surface area contributed by atoms with Gasteiger partial charge in [0.25, 0.3) is 6.33 Å². The number of ether oxygens (including phenoxy) is 1. The Hall–Kier alpha value is -8.25. The van der Waals surface area contributed by atoms with Crippen molar-refractivity contribution in [1.82, 2.24) is 9.55 Å². The minimum atomic E-state index is -0.259. The van der Waals surface area contributed by atoms with E-state index in [9.17, 15) is 0 Å². The molecule has 8 heteroatoms. The zero-order valence-electron chi connectivity index (χ0n) is 41.7. The first-order valence-corrected chi connectivity index (χ1v) is 25.0. The molecule has 0 N–H and O–H groups in total. The van der Waals surface area contributed by atoms with Crippen LogP contribution in [0, 0.1) is 32.3 Å². The van der Waals surface area contributed by atoms with Gasteiger partial charge in [-0.15, -0.1) is 30.3 Å². The number of imidazole rings is 1. The van der Waals surface area contributed by atoms with E-state index >= 15 is 0 Å². The molecule has 74 heavy (non-hydrogen) atoms. The van der Waals surface area contributed by atoms with E-state index in [0.717, 1.165) is 78.7 Å². The molecule has 0 saturated carbocycles. The zero-order chi connectivity index (χ0) is 49.4. The first-order valence-electron chi connectivity index (χ1n) is 25.0. The Morgan fingerprint density at radius 2 is 1.12 bits per heavy atom. The molecule has 9 aromatic carbocycles. The van der Waals surface area contributed by atoms with Crippen molar-refractivity contribution in [1.29, 1.82) is 0 Å². The van der Waals surface area contributed by atoms with E-state index in [2.05, 4.69) is 260 Å².